The Morgan fingerprint density at radius 1 is 1.19 bits per heavy atom. The van der Waals surface area contributed by atoms with Crippen LogP contribution in [0.25, 0.3) is 12.2 Å². The zero-order valence-corrected chi connectivity index (χ0v) is 16.1. The van der Waals surface area contributed by atoms with Crippen LogP contribution in [0.5, 0.6) is 5.75 Å². The summed E-state index contributed by atoms with van der Waals surface area (Å²) in [6.07, 6.45) is 3.22. The first kappa shape index (κ1) is 18.7. The van der Waals surface area contributed by atoms with E-state index >= 15 is 0 Å². The quantitative estimate of drug-likeness (QED) is 0.730. The molecule has 138 valence electrons. The number of aromatic nitrogens is 1. The van der Waals surface area contributed by atoms with E-state index in [-0.39, 0.29) is 11.5 Å². The van der Waals surface area contributed by atoms with Gasteiger partial charge in [-0.05, 0) is 43.2 Å². The van der Waals surface area contributed by atoms with E-state index in [1.165, 1.54) is 17.4 Å². The van der Waals surface area contributed by atoms with Crippen LogP contribution in [0.4, 0.5) is 5.69 Å². The second-order valence-corrected chi connectivity index (χ2v) is 7.21. The summed E-state index contributed by atoms with van der Waals surface area (Å²) in [5.74, 6) is 0.234. The molecule has 6 heteroatoms. The van der Waals surface area contributed by atoms with E-state index in [4.69, 9.17) is 4.74 Å². The van der Waals surface area contributed by atoms with Crippen LogP contribution in [0, 0.1) is 13.8 Å². The molecule has 0 aliphatic rings. The highest BCUT2D eigenvalue weighted by Crippen LogP contribution is 2.22. The summed E-state index contributed by atoms with van der Waals surface area (Å²) in [4.78, 5) is 27.2. The third-order valence-electron chi connectivity index (χ3n) is 4.03. The van der Waals surface area contributed by atoms with Gasteiger partial charge in [0.05, 0.1) is 17.3 Å². The Morgan fingerprint density at radius 2 is 1.96 bits per heavy atom. The van der Waals surface area contributed by atoms with Crippen molar-refractivity contribution in [2.45, 2.75) is 13.8 Å². The van der Waals surface area contributed by atoms with E-state index in [0.29, 0.717) is 20.6 Å². The summed E-state index contributed by atoms with van der Waals surface area (Å²) in [6, 6.07) is 13.2. The highest BCUT2D eigenvalue weighted by atomic mass is 32.1. The summed E-state index contributed by atoms with van der Waals surface area (Å²) < 4.78 is 6.26. The van der Waals surface area contributed by atoms with Gasteiger partial charge in [0.25, 0.3) is 11.5 Å². The van der Waals surface area contributed by atoms with Crippen molar-refractivity contribution in [1.29, 1.82) is 0 Å². The highest BCUT2D eigenvalue weighted by Gasteiger charge is 2.05. The molecule has 0 radical (unpaired) electrons. The maximum atomic E-state index is 12.3. The van der Waals surface area contributed by atoms with Gasteiger partial charge >= 0.3 is 0 Å². The van der Waals surface area contributed by atoms with E-state index in [0.717, 1.165) is 16.7 Å². The molecule has 2 N–H and O–H groups in total. The summed E-state index contributed by atoms with van der Waals surface area (Å²) in [5.41, 5.74) is 3.57. The van der Waals surface area contributed by atoms with Gasteiger partial charge in [0, 0.05) is 6.08 Å². The Labute approximate surface area is 160 Å². The molecule has 0 saturated heterocycles. The van der Waals surface area contributed by atoms with Gasteiger partial charge in [0.2, 0.25) is 0 Å². The van der Waals surface area contributed by atoms with Crippen molar-refractivity contribution in [3.05, 3.63) is 78.7 Å². The first-order valence-corrected chi connectivity index (χ1v) is 9.22. The average Bonchev–Trinajstić information content (AvgIpc) is 2.97. The number of methoxy groups -OCH3 is 1. The minimum absolute atomic E-state index is 0.211. The van der Waals surface area contributed by atoms with Gasteiger partial charge in [-0.1, -0.05) is 35.9 Å². The predicted octanol–water partition coefficient (Wildman–Crippen LogP) is 2.31. The van der Waals surface area contributed by atoms with E-state index < -0.39 is 0 Å². The Balaban J connectivity index is 1.91. The lowest BCUT2D eigenvalue weighted by atomic mass is 10.1. The number of carbonyl (C=O) groups excluding carboxylic acids is 1. The van der Waals surface area contributed by atoms with Gasteiger partial charge in [0.15, 0.2) is 0 Å². The number of rotatable bonds is 4. The first-order chi connectivity index (χ1) is 13.0. The molecule has 3 aromatic rings. The maximum Gasteiger partial charge on any atom is 0.266 e. The van der Waals surface area contributed by atoms with Crippen LogP contribution in [-0.2, 0) is 4.79 Å². The van der Waals surface area contributed by atoms with Crippen molar-refractivity contribution in [2.24, 2.45) is 0 Å². The van der Waals surface area contributed by atoms with E-state index in [1.807, 2.05) is 50.3 Å². The number of anilines is 1. The molecule has 2 aromatic carbocycles. The lowest BCUT2D eigenvalue weighted by Crippen LogP contribution is -2.20. The fourth-order valence-electron chi connectivity index (χ4n) is 2.62. The van der Waals surface area contributed by atoms with Crippen molar-refractivity contribution in [2.75, 3.05) is 12.4 Å². The number of ether oxygens (including phenoxy) is 1. The van der Waals surface area contributed by atoms with Crippen LogP contribution in [0.15, 0.2) is 47.3 Å². The fourth-order valence-corrected chi connectivity index (χ4v) is 3.49. The molecule has 27 heavy (non-hydrogen) atoms. The normalized spacial score (nSPS) is 12.3. The molecule has 0 aliphatic carbocycles. The van der Waals surface area contributed by atoms with Crippen LogP contribution < -0.4 is 24.8 Å². The first-order valence-electron chi connectivity index (χ1n) is 8.40. The van der Waals surface area contributed by atoms with Gasteiger partial charge < -0.3 is 15.0 Å². The van der Waals surface area contributed by atoms with Crippen LogP contribution in [-0.4, -0.2) is 18.0 Å². The summed E-state index contributed by atoms with van der Waals surface area (Å²) >= 11 is 1.25. The topological polar surface area (TPSA) is 71.2 Å². The fraction of sp³-hybridized carbons (Fsp3) is 0.143. The summed E-state index contributed by atoms with van der Waals surface area (Å²) in [5, 5.41) is 2.76. The monoisotopic (exact) mass is 380 g/mol. The molecule has 0 saturated carbocycles. The molecule has 0 bridgehead atoms. The van der Waals surface area contributed by atoms with Crippen molar-refractivity contribution in [3.63, 3.8) is 0 Å². The smallest absolute Gasteiger partial charge is 0.266 e. The van der Waals surface area contributed by atoms with E-state index in [2.05, 4.69) is 10.3 Å². The van der Waals surface area contributed by atoms with Crippen molar-refractivity contribution in [3.8, 4) is 5.75 Å². The predicted molar refractivity (Wildman–Crippen MR) is 110 cm³/mol. The standard InChI is InChI=1S/C21H20N2O3S/c1-13-8-9-14(2)15(10-13)11-18-21(25)23-20(27-18)12-19(24)22-16-6-4-5-7-17(16)26-3/h4-12H,1-3H3,(H,22,24)(H,23,25)/b18-11+,20-12+. The lowest BCUT2D eigenvalue weighted by Gasteiger charge is -2.07. The highest BCUT2D eigenvalue weighted by molar-refractivity contribution is 7.07. The van der Waals surface area contributed by atoms with Gasteiger partial charge in [-0.25, -0.2) is 0 Å². The van der Waals surface area contributed by atoms with Crippen LogP contribution >= 0.6 is 11.3 Å². The molecular formula is C21H20N2O3S. The second kappa shape index (κ2) is 8.05. The minimum atomic E-state index is -0.338. The molecule has 0 spiro atoms. The zero-order chi connectivity index (χ0) is 19.4. The number of thiazole rings is 1. The third kappa shape index (κ3) is 4.54. The molecule has 1 amide bonds. The molecule has 1 heterocycles. The number of aryl methyl sites for hydroxylation is 2. The SMILES string of the molecule is COc1ccccc1NC(=O)/C=c1\[nH]c(=O)/c(=C\c2cc(C)ccc2C)s1. The lowest BCUT2D eigenvalue weighted by molar-refractivity contribution is -0.110. The number of benzene rings is 2. The van der Waals surface area contributed by atoms with Crippen LogP contribution in [0.3, 0.4) is 0 Å². The number of amides is 1. The van der Waals surface area contributed by atoms with Gasteiger partial charge in [-0.2, -0.15) is 0 Å². The number of hydrogen-bond donors (Lipinski definition) is 2. The molecule has 3 rings (SSSR count). The molecular weight excluding hydrogens is 360 g/mol. The molecule has 0 fully saturated rings. The Bertz CT molecular complexity index is 1160. The van der Waals surface area contributed by atoms with E-state index in [9.17, 15) is 9.59 Å². The van der Waals surface area contributed by atoms with Crippen molar-refractivity contribution >= 4 is 35.1 Å². The molecule has 1 aromatic heterocycles. The molecule has 0 aliphatic heterocycles. The number of aromatic amines is 1. The summed E-state index contributed by atoms with van der Waals surface area (Å²) in [6.45, 7) is 4.01. The van der Waals surface area contributed by atoms with E-state index in [1.54, 1.807) is 19.2 Å². The van der Waals surface area contributed by atoms with Gasteiger partial charge in [0.1, 0.15) is 10.4 Å². The number of nitrogens with one attached hydrogen (secondary N) is 2. The number of hydrogen-bond acceptors (Lipinski definition) is 4. The molecule has 5 nitrogen and oxygen atoms in total. The molecule has 0 unspecified atom stereocenters. The minimum Gasteiger partial charge on any atom is -0.495 e. The second-order valence-electron chi connectivity index (χ2n) is 6.12. The number of carbonyl (C=O) groups is 1. The zero-order valence-electron chi connectivity index (χ0n) is 15.3. The van der Waals surface area contributed by atoms with Crippen molar-refractivity contribution in [1.82, 2.24) is 4.98 Å². The maximum absolute atomic E-state index is 12.3. The number of H-pyrrole nitrogens is 1. The largest absolute Gasteiger partial charge is 0.495 e. The Kier molecular flexibility index (Phi) is 5.57. The van der Waals surface area contributed by atoms with Gasteiger partial charge in [-0.15, -0.1) is 11.3 Å². The van der Waals surface area contributed by atoms with Crippen LogP contribution in [0.2, 0.25) is 0 Å². The Hall–Kier alpha value is -3.12. The summed E-state index contributed by atoms with van der Waals surface area (Å²) in [7, 11) is 1.54. The van der Waals surface area contributed by atoms with Gasteiger partial charge in [-0.3, -0.25) is 9.59 Å². The Morgan fingerprint density at radius 3 is 2.74 bits per heavy atom. The molecule has 0 atom stereocenters. The van der Waals surface area contributed by atoms with Crippen molar-refractivity contribution < 1.29 is 9.53 Å². The van der Waals surface area contributed by atoms with Crippen LogP contribution in [0.1, 0.15) is 16.7 Å². The third-order valence-corrected chi connectivity index (χ3v) is 4.99. The number of para-hydroxylation sites is 2. The average molecular weight is 380 g/mol.